The third kappa shape index (κ3) is 7.26. The molecule has 1 heterocycles. The first kappa shape index (κ1) is 24.6. The molecule has 0 amide bonds. The molecule has 1 N–H and O–H groups in total. The van der Waals surface area contributed by atoms with Crippen molar-refractivity contribution in [2.24, 2.45) is 5.10 Å². The lowest BCUT2D eigenvalue weighted by molar-refractivity contribution is -0.142. The second kappa shape index (κ2) is 12.3. The number of thiazole rings is 1. The van der Waals surface area contributed by atoms with Gasteiger partial charge in [0.15, 0.2) is 11.5 Å². The summed E-state index contributed by atoms with van der Waals surface area (Å²) < 4.78 is 17.0. The number of benzene rings is 2. The van der Waals surface area contributed by atoms with E-state index < -0.39 is 5.97 Å². The van der Waals surface area contributed by atoms with E-state index >= 15 is 0 Å². The number of ether oxygens (including phenoxy) is 3. The molecule has 0 aliphatic heterocycles. The minimum atomic E-state index is -0.458. The largest absolute Gasteiger partial charge is 0.490 e. The van der Waals surface area contributed by atoms with Gasteiger partial charge in [-0.1, -0.05) is 18.2 Å². The Morgan fingerprint density at radius 3 is 2.70 bits per heavy atom. The topological polar surface area (TPSA) is 99.1 Å². The monoisotopic (exact) mass is 579 g/mol. The number of aromatic nitrogens is 1. The Labute approximate surface area is 209 Å². The molecular weight excluding hydrogens is 557 g/mol. The van der Waals surface area contributed by atoms with Crippen LogP contribution in [0.25, 0.3) is 0 Å². The van der Waals surface area contributed by atoms with E-state index in [1.165, 1.54) is 11.3 Å². The zero-order valence-electron chi connectivity index (χ0n) is 18.0. The van der Waals surface area contributed by atoms with Crippen LogP contribution in [0.4, 0.5) is 5.13 Å². The molecule has 0 radical (unpaired) electrons. The van der Waals surface area contributed by atoms with Crippen molar-refractivity contribution < 1.29 is 23.8 Å². The zero-order chi connectivity index (χ0) is 23.6. The molecule has 1 aromatic heterocycles. The molecule has 0 aliphatic rings. The van der Waals surface area contributed by atoms with Crippen LogP contribution in [0.15, 0.2) is 52.9 Å². The molecule has 172 valence electrons. The van der Waals surface area contributed by atoms with Crippen LogP contribution >= 0.6 is 33.9 Å². The van der Waals surface area contributed by atoms with Gasteiger partial charge in [0.2, 0.25) is 5.13 Å². The van der Waals surface area contributed by atoms with E-state index in [2.05, 4.69) is 38.1 Å². The predicted molar refractivity (Wildman–Crippen MR) is 135 cm³/mol. The van der Waals surface area contributed by atoms with Gasteiger partial charge in [0.05, 0.1) is 40.7 Å². The molecule has 0 aliphatic carbocycles. The highest BCUT2D eigenvalue weighted by molar-refractivity contribution is 14.1. The second-order valence-corrected chi connectivity index (χ2v) is 8.53. The first-order chi connectivity index (χ1) is 16.0. The summed E-state index contributed by atoms with van der Waals surface area (Å²) in [5, 5.41) is 6.54. The van der Waals surface area contributed by atoms with E-state index in [-0.39, 0.29) is 12.4 Å². The van der Waals surface area contributed by atoms with Gasteiger partial charge in [-0.05, 0) is 66.3 Å². The van der Waals surface area contributed by atoms with Crippen LogP contribution in [0.2, 0.25) is 0 Å². The standard InChI is InChI=1S/C23H22IN3O5S/c1-3-30-19-11-15(10-18(24)21(19)32-22(29)16-8-6-5-7-9-16)13-25-27-23-26-17(14-33-23)12-20(28)31-4-2/h5-11,13-14H,3-4,12H2,1-2H3,(H,26,27). The minimum Gasteiger partial charge on any atom is -0.490 e. The molecule has 0 saturated carbocycles. The first-order valence-electron chi connectivity index (χ1n) is 10.1. The van der Waals surface area contributed by atoms with Crippen molar-refractivity contribution in [2.75, 3.05) is 18.6 Å². The number of nitrogens with zero attached hydrogens (tertiary/aromatic N) is 2. The first-order valence-corrected chi connectivity index (χ1v) is 12.1. The molecular formula is C23H22IN3O5S. The number of hydrazone groups is 1. The Balaban J connectivity index is 1.70. The molecule has 0 bridgehead atoms. The average molecular weight is 579 g/mol. The zero-order valence-corrected chi connectivity index (χ0v) is 21.0. The number of carbonyl (C=O) groups excluding carboxylic acids is 2. The fraction of sp³-hybridized carbons (Fsp3) is 0.217. The summed E-state index contributed by atoms with van der Waals surface area (Å²) in [5.41, 5.74) is 4.68. The molecule has 33 heavy (non-hydrogen) atoms. The van der Waals surface area contributed by atoms with Gasteiger partial charge in [0, 0.05) is 5.38 Å². The fourth-order valence-corrected chi connectivity index (χ4v) is 4.11. The summed E-state index contributed by atoms with van der Waals surface area (Å²) in [6.45, 7) is 4.37. The fourth-order valence-electron chi connectivity index (χ4n) is 2.71. The summed E-state index contributed by atoms with van der Waals surface area (Å²) in [5.74, 6) is 0.0323. The van der Waals surface area contributed by atoms with Crippen molar-refractivity contribution in [1.29, 1.82) is 0 Å². The lowest BCUT2D eigenvalue weighted by atomic mass is 10.2. The number of rotatable bonds is 10. The highest BCUT2D eigenvalue weighted by Gasteiger charge is 2.17. The Morgan fingerprint density at radius 2 is 1.97 bits per heavy atom. The number of nitrogens with one attached hydrogen (secondary N) is 1. The van der Waals surface area contributed by atoms with Gasteiger partial charge in [-0.25, -0.2) is 9.78 Å². The van der Waals surface area contributed by atoms with Gasteiger partial charge < -0.3 is 14.2 Å². The van der Waals surface area contributed by atoms with Crippen molar-refractivity contribution in [3.8, 4) is 11.5 Å². The Bertz CT molecular complexity index is 1130. The molecule has 0 atom stereocenters. The van der Waals surface area contributed by atoms with Crippen molar-refractivity contribution in [1.82, 2.24) is 4.98 Å². The van der Waals surface area contributed by atoms with E-state index in [0.717, 1.165) is 5.56 Å². The van der Waals surface area contributed by atoms with Crippen LogP contribution in [-0.4, -0.2) is 36.4 Å². The quantitative estimate of drug-likeness (QED) is 0.120. The van der Waals surface area contributed by atoms with Crippen LogP contribution in [0.3, 0.4) is 0 Å². The van der Waals surface area contributed by atoms with Gasteiger partial charge in [0.1, 0.15) is 0 Å². The van der Waals surface area contributed by atoms with Crippen LogP contribution in [0.5, 0.6) is 11.5 Å². The van der Waals surface area contributed by atoms with Gasteiger partial charge in [0.25, 0.3) is 0 Å². The van der Waals surface area contributed by atoms with Crippen molar-refractivity contribution in [3.05, 3.63) is 68.2 Å². The summed E-state index contributed by atoms with van der Waals surface area (Å²) in [4.78, 5) is 28.4. The Morgan fingerprint density at radius 1 is 1.18 bits per heavy atom. The second-order valence-electron chi connectivity index (χ2n) is 6.51. The van der Waals surface area contributed by atoms with Gasteiger partial charge in [-0.15, -0.1) is 11.3 Å². The summed E-state index contributed by atoms with van der Waals surface area (Å²) in [6, 6.07) is 12.4. The maximum Gasteiger partial charge on any atom is 0.343 e. The molecule has 3 rings (SSSR count). The summed E-state index contributed by atoms with van der Waals surface area (Å²) in [7, 11) is 0. The van der Waals surface area contributed by atoms with E-state index in [4.69, 9.17) is 14.2 Å². The number of anilines is 1. The Hall–Kier alpha value is -2.99. The number of carbonyl (C=O) groups is 2. The van der Waals surface area contributed by atoms with E-state index in [1.54, 1.807) is 48.9 Å². The highest BCUT2D eigenvalue weighted by Crippen LogP contribution is 2.34. The number of hydrogen-bond acceptors (Lipinski definition) is 9. The molecule has 10 heteroatoms. The molecule has 0 fully saturated rings. The van der Waals surface area contributed by atoms with Crippen LogP contribution in [-0.2, 0) is 16.0 Å². The molecule has 2 aromatic carbocycles. The summed E-state index contributed by atoms with van der Waals surface area (Å²) in [6.07, 6.45) is 1.73. The number of hydrogen-bond donors (Lipinski definition) is 1. The lowest BCUT2D eigenvalue weighted by Gasteiger charge is -2.13. The maximum atomic E-state index is 12.5. The maximum absolute atomic E-state index is 12.5. The molecule has 8 nitrogen and oxygen atoms in total. The summed E-state index contributed by atoms with van der Waals surface area (Å²) >= 11 is 3.43. The number of esters is 2. The number of halogens is 1. The SMILES string of the molecule is CCOC(=O)Cc1csc(NN=Cc2cc(I)c(OC(=O)c3ccccc3)c(OCC)c2)n1. The highest BCUT2D eigenvalue weighted by atomic mass is 127. The third-order valence-corrected chi connectivity index (χ3v) is 5.69. The Kier molecular flexibility index (Phi) is 9.19. The smallest absolute Gasteiger partial charge is 0.343 e. The third-order valence-electron chi connectivity index (χ3n) is 4.09. The van der Waals surface area contributed by atoms with Gasteiger partial charge in [-0.3, -0.25) is 10.2 Å². The van der Waals surface area contributed by atoms with Crippen LogP contribution in [0.1, 0.15) is 35.5 Å². The molecule has 0 saturated heterocycles. The van der Waals surface area contributed by atoms with Crippen molar-refractivity contribution in [3.63, 3.8) is 0 Å². The van der Waals surface area contributed by atoms with Crippen molar-refractivity contribution in [2.45, 2.75) is 20.3 Å². The van der Waals surface area contributed by atoms with Crippen LogP contribution < -0.4 is 14.9 Å². The van der Waals surface area contributed by atoms with Gasteiger partial charge in [-0.2, -0.15) is 5.10 Å². The molecule has 0 unspecified atom stereocenters. The van der Waals surface area contributed by atoms with Crippen LogP contribution in [0, 0.1) is 3.57 Å². The lowest BCUT2D eigenvalue weighted by Crippen LogP contribution is -2.11. The molecule has 0 spiro atoms. The van der Waals surface area contributed by atoms with E-state index in [1.807, 2.05) is 19.1 Å². The predicted octanol–water partition coefficient (Wildman–Crippen LogP) is 4.92. The van der Waals surface area contributed by atoms with E-state index in [0.29, 0.717) is 44.7 Å². The van der Waals surface area contributed by atoms with Gasteiger partial charge >= 0.3 is 11.9 Å². The minimum absolute atomic E-state index is 0.120. The average Bonchev–Trinajstić information content (AvgIpc) is 3.24. The van der Waals surface area contributed by atoms with Crippen molar-refractivity contribution >= 4 is 57.2 Å². The van der Waals surface area contributed by atoms with E-state index in [9.17, 15) is 9.59 Å². The normalized spacial score (nSPS) is 10.8. The molecule has 3 aromatic rings.